The van der Waals surface area contributed by atoms with E-state index >= 15 is 0 Å². The average Bonchev–Trinajstić information content (AvgIpc) is 3.42. The predicted octanol–water partition coefficient (Wildman–Crippen LogP) is 2.26. The molecule has 1 aliphatic heterocycles. The average molecular weight is 560 g/mol. The Labute approximate surface area is 233 Å². The van der Waals surface area contributed by atoms with Crippen LogP contribution in [0.3, 0.4) is 0 Å². The number of nitrogens with zero attached hydrogens (tertiary/aromatic N) is 3. The van der Waals surface area contributed by atoms with Crippen molar-refractivity contribution in [3.8, 4) is 0 Å². The lowest BCUT2D eigenvalue weighted by Gasteiger charge is -2.30. The topological polar surface area (TPSA) is 167 Å². The van der Waals surface area contributed by atoms with Gasteiger partial charge in [0.05, 0.1) is 5.69 Å². The van der Waals surface area contributed by atoms with Crippen LogP contribution in [-0.2, 0) is 34.2 Å². The fraction of sp³-hybridized carbons (Fsp3) is 0.679. The minimum Gasteiger partial charge on any atom is -0.461 e. The maximum atomic E-state index is 13.1. The number of aliphatic hydroxyl groups is 1. The molecule has 0 bridgehead atoms. The highest BCUT2D eigenvalue weighted by molar-refractivity contribution is 5.84. The normalized spacial score (nSPS) is 26.4. The summed E-state index contributed by atoms with van der Waals surface area (Å²) < 4.78 is 19.3. The van der Waals surface area contributed by atoms with Gasteiger partial charge >= 0.3 is 11.9 Å². The van der Waals surface area contributed by atoms with E-state index in [9.17, 15) is 19.5 Å². The third kappa shape index (κ3) is 6.22. The van der Waals surface area contributed by atoms with E-state index in [2.05, 4.69) is 15.4 Å². The van der Waals surface area contributed by atoms with E-state index < -0.39 is 47.3 Å². The zero-order valence-electron chi connectivity index (χ0n) is 23.9. The number of esters is 2. The monoisotopic (exact) mass is 559 g/mol. The molecule has 40 heavy (non-hydrogen) atoms. The molecule has 4 N–H and O–H groups in total. The van der Waals surface area contributed by atoms with Crippen LogP contribution in [0.25, 0.3) is 5.52 Å². The molecule has 2 fully saturated rings. The van der Waals surface area contributed by atoms with Crippen LogP contribution in [0.5, 0.6) is 0 Å². The lowest BCUT2D eigenvalue weighted by molar-refractivity contribution is -0.164. The number of aliphatic hydroxyl groups excluding tert-OH is 1. The fourth-order valence-corrected chi connectivity index (χ4v) is 5.68. The van der Waals surface area contributed by atoms with Crippen molar-refractivity contribution < 1.29 is 33.7 Å². The van der Waals surface area contributed by atoms with Gasteiger partial charge in [0.15, 0.2) is 11.9 Å². The Balaban J connectivity index is 1.58. The van der Waals surface area contributed by atoms with E-state index in [0.29, 0.717) is 11.2 Å². The molecule has 4 rings (SSSR count). The molecule has 0 aromatic carbocycles. The van der Waals surface area contributed by atoms with Crippen molar-refractivity contribution >= 4 is 29.2 Å². The van der Waals surface area contributed by atoms with Crippen LogP contribution in [0.4, 0.5) is 5.82 Å². The number of hydrogen-bond acceptors (Lipinski definition) is 10. The quantitative estimate of drug-likeness (QED) is 0.408. The maximum absolute atomic E-state index is 13.1. The molecule has 2 aromatic rings. The Bertz CT molecular complexity index is 1240. The van der Waals surface area contributed by atoms with Gasteiger partial charge in [0.2, 0.25) is 5.91 Å². The number of amides is 1. The van der Waals surface area contributed by atoms with E-state index in [1.807, 2.05) is 20.8 Å². The first-order chi connectivity index (χ1) is 18.8. The highest BCUT2D eigenvalue weighted by Gasteiger charge is 2.56. The second kappa shape index (κ2) is 11.7. The minimum atomic E-state index is -1.39. The van der Waals surface area contributed by atoms with Crippen molar-refractivity contribution in [3.05, 3.63) is 24.2 Å². The van der Waals surface area contributed by atoms with E-state index in [0.717, 1.165) is 25.7 Å². The van der Waals surface area contributed by atoms with Gasteiger partial charge in [-0.25, -0.2) is 14.3 Å². The summed E-state index contributed by atoms with van der Waals surface area (Å²) in [6.45, 7) is 8.11. The number of fused-ring (bicyclic) bond motifs is 1. The van der Waals surface area contributed by atoms with Crippen LogP contribution in [0.2, 0.25) is 0 Å². The van der Waals surface area contributed by atoms with Gasteiger partial charge in [0.25, 0.3) is 0 Å². The summed E-state index contributed by atoms with van der Waals surface area (Å²) >= 11 is 0. The van der Waals surface area contributed by atoms with Gasteiger partial charge < -0.3 is 30.4 Å². The summed E-state index contributed by atoms with van der Waals surface area (Å²) in [5, 5.41) is 18.5. The van der Waals surface area contributed by atoms with Crippen LogP contribution >= 0.6 is 0 Å². The van der Waals surface area contributed by atoms with Gasteiger partial charge in [-0.15, -0.1) is 0 Å². The van der Waals surface area contributed by atoms with E-state index in [1.165, 1.54) is 24.2 Å². The molecule has 1 amide bonds. The first-order valence-electron chi connectivity index (χ1n) is 13.9. The largest absolute Gasteiger partial charge is 0.461 e. The number of nitrogens with two attached hydrogens (primary N) is 1. The molecule has 5 atom stereocenters. The smallest absolute Gasteiger partial charge is 0.329 e. The summed E-state index contributed by atoms with van der Waals surface area (Å²) in [7, 11) is 0. The van der Waals surface area contributed by atoms with Crippen molar-refractivity contribution in [2.45, 2.75) is 103 Å². The zero-order chi connectivity index (χ0) is 29.2. The minimum absolute atomic E-state index is 0.239. The van der Waals surface area contributed by atoms with Gasteiger partial charge in [0, 0.05) is 13.3 Å². The molecular weight excluding hydrogens is 518 g/mol. The molecule has 0 spiro atoms. The molecule has 1 aliphatic carbocycles. The molecule has 1 saturated carbocycles. The highest BCUT2D eigenvalue weighted by Crippen LogP contribution is 2.42. The Morgan fingerprint density at radius 2 is 1.95 bits per heavy atom. The van der Waals surface area contributed by atoms with E-state index in [1.54, 1.807) is 19.1 Å². The second-order valence-corrected chi connectivity index (χ2v) is 12.2. The van der Waals surface area contributed by atoms with Gasteiger partial charge in [-0.1, -0.05) is 40.0 Å². The van der Waals surface area contributed by atoms with Gasteiger partial charge in [0.1, 0.15) is 42.3 Å². The first kappa shape index (κ1) is 29.7. The lowest BCUT2D eigenvalue weighted by Crippen LogP contribution is -2.50. The molecule has 2 aromatic heterocycles. The Kier molecular flexibility index (Phi) is 8.69. The molecule has 220 valence electrons. The van der Waals surface area contributed by atoms with Gasteiger partial charge in [-0.3, -0.25) is 9.59 Å². The summed E-state index contributed by atoms with van der Waals surface area (Å²) in [6, 6.07) is 2.51. The van der Waals surface area contributed by atoms with Crippen molar-refractivity contribution in [2.24, 2.45) is 11.3 Å². The molecule has 0 radical (unpaired) electrons. The fourth-order valence-electron chi connectivity index (χ4n) is 5.68. The summed E-state index contributed by atoms with van der Waals surface area (Å²) in [4.78, 5) is 41.8. The molecule has 1 saturated heterocycles. The van der Waals surface area contributed by atoms with Crippen LogP contribution in [-0.4, -0.2) is 68.5 Å². The van der Waals surface area contributed by atoms with Crippen molar-refractivity contribution in [2.75, 3.05) is 12.3 Å². The number of nitrogen functional groups attached to an aromatic ring is 1. The van der Waals surface area contributed by atoms with Crippen LogP contribution in [0, 0.1) is 11.3 Å². The standard InChI is InChI=1S/C28H41N5O7/c1-16(34)32-23(27(2,3)4)26(37)38-14-19-22(39-21(35)13-17-9-7-6-8-10-17)24(36)28(5,40-19)20-12-11-18-25(29)30-15-31-33(18)20/h11-12,15,17,19,22-24,36H,6-10,13-14H2,1-5H3,(H,32,34)(H2,29,30,31)/t19-,22-,23-,24-,28+/m1/s1. The second-order valence-electron chi connectivity index (χ2n) is 12.2. The Morgan fingerprint density at radius 3 is 2.60 bits per heavy atom. The number of ether oxygens (including phenoxy) is 3. The number of anilines is 1. The number of rotatable bonds is 8. The molecule has 3 heterocycles. The van der Waals surface area contributed by atoms with Gasteiger partial charge in [-0.2, -0.15) is 5.10 Å². The van der Waals surface area contributed by atoms with Crippen molar-refractivity contribution in [1.82, 2.24) is 19.9 Å². The summed E-state index contributed by atoms with van der Waals surface area (Å²) in [5.74, 6) is -0.965. The van der Waals surface area contributed by atoms with E-state index in [-0.39, 0.29) is 30.7 Å². The zero-order valence-corrected chi connectivity index (χ0v) is 23.9. The van der Waals surface area contributed by atoms with E-state index in [4.69, 9.17) is 19.9 Å². The Morgan fingerprint density at radius 1 is 1.25 bits per heavy atom. The molecule has 2 aliphatic rings. The molecule has 12 heteroatoms. The predicted molar refractivity (Wildman–Crippen MR) is 145 cm³/mol. The van der Waals surface area contributed by atoms with Gasteiger partial charge in [-0.05, 0) is 43.2 Å². The molecular formula is C28H41N5O7. The maximum Gasteiger partial charge on any atom is 0.329 e. The highest BCUT2D eigenvalue weighted by atomic mass is 16.6. The number of aromatic nitrogens is 3. The number of carbonyl (C=O) groups is 3. The molecule has 12 nitrogen and oxygen atoms in total. The van der Waals surface area contributed by atoms with Crippen molar-refractivity contribution in [3.63, 3.8) is 0 Å². The lowest BCUT2D eigenvalue weighted by atomic mass is 9.86. The summed E-state index contributed by atoms with van der Waals surface area (Å²) in [5.41, 5.74) is 4.99. The number of nitrogens with one attached hydrogen (secondary N) is 1. The summed E-state index contributed by atoms with van der Waals surface area (Å²) in [6.07, 6.45) is 3.39. The first-order valence-corrected chi connectivity index (χ1v) is 13.9. The third-order valence-corrected chi connectivity index (χ3v) is 7.92. The SMILES string of the molecule is CC(=O)N[C@H](C(=O)OC[C@H]1O[C@@](C)(c2ccc3c(N)ncnn23)[C@H](O)[C@@H]1OC(=O)CC1CCCCC1)C(C)(C)C. The van der Waals surface area contributed by atoms with Crippen molar-refractivity contribution in [1.29, 1.82) is 0 Å². The number of hydrogen-bond donors (Lipinski definition) is 3. The third-order valence-electron chi connectivity index (χ3n) is 7.92. The van der Waals surface area contributed by atoms with Crippen LogP contribution < -0.4 is 11.1 Å². The van der Waals surface area contributed by atoms with Crippen LogP contribution in [0.15, 0.2) is 18.5 Å². The Hall–Kier alpha value is -3.25. The number of carbonyl (C=O) groups excluding carboxylic acids is 3. The van der Waals surface area contributed by atoms with Crippen LogP contribution in [0.1, 0.15) is 78.8 Å². The molecule has 0 unspecified atom stereocenters.